The monoisotopic (exact) mass is 368 g/mol. The van der Waals surface area contributed by atoms with Crippen molar-refractivity contribution in [1.82, 2.24) is 4.90 Å². The van der Waals surface area contributed by atoms with Crippen LogP contribution in [0.15, 0.2) is 58.4 Å². The molecule has 26 heavy (non-hydrogen) atoms. The number of carbonyl (C=O) groups is 2. The molecule has 1 aliphatic heterocycles. The van der Waals surface area contributed by atoms with E-state index in [1.54, 1.807) is 61.7 Å². The Hall–Kier alpha value is -3.06. The molecule has 0 unspecified atom stereocenters. The number of hydrogen-bond donors (Lipinski definition) is 1. The van der Waals surface area contributed by atoms with E-state index in [9.17, 15) is 14.7 Å². The number of thioether (sulfide) groups is 1. The normalized spacial score (nSPS) is 17.2. The van der Waals surface area contributed by atoms with Crippen molar-refractivity contribution in [3.8, 4) is 5.75 Å². The van der Waals surface area contributed by atoms with Crippen LogP contribution in [-0.2, 0) is 9.53 Å². The summed E-state index contributed by atoms with van der Waals surface area (Å²) in [5, 5.41) is 10.1. The molecule has 0 bridgehead atoms. The Morgan fingerprint density at radius 3 is 2.62 bits per heavy atom. The summed E-state index contributed by atoms with van der Waals surface area (Å²) in [5.41, 5.74) is 1.79. The summed E-state index contributed by atoms with van der Waals surface area (Å²) in [6.07, 6.45) is 1.71. The maximum absolute atomic E-state index is 12.4. The molecule has 3 rings (SSSR count). The molecule has 0 radical (unpaired) electrons. The van der Waals surface area contributed by atoms with Gasteiger partial charge in [-0.2, -0.15) is 0 Å². The lowest BCUT2D eigenvalue weighted by Gasteiger charge is -2.07. The van der Waals surface area contributed by atoms with E-state index in [0.29, 0.717) is 21.3 Å². The third-order valence-electron chi connectivity index (χ3n) is 3.68. The van der Waals surface area contributed by atoms with Gasteiger partial charge in [0.05, 0.1) is 23.3 Å². The van der Waals surface area contributed by atoms with Crippen molar-refractivity contribution in [3.05, 3.63) is 64.6 Å². The quantitative estimate of drug-likeness (QED) is 0.663. The highest BCUT2D eigenvalue weighted by Crippen LogP contribution is 2.33. The molecular weight excluding hydrogens is 352 g/mol. The minimum absolute atomic E-state index is 0.141. The van der Waals surface area contributed by atoms with Gasteiger partial charge in [-0.1, -0.05) is 12.1 Å². The molecule has 7 heteroatoms. The molecule has 2 aromatic carbocycles. The summed E-state index contributed by atoms with van der Waals surface area (Å²) in [6, 6.07) is 13.3. The molecule has 1 aliphatic rings. The highest BCUT2D eigenvalue weighted by atomic mass is 32.2. The maximum atomic E-state index is 12.4. The minimum Gasteiger partial charge on any atom is -0.508 e. The Labute approximate surface area is 154 Å². The summed E-state index contributed by atoms with van der Waals surface area (Å²) < 4.78 is 4.66. The molecule has 0 aliphatic carbocycles. The zero-order chi connectivity index (χ0) is 18.7. The first-order valence-corrected chi connectivity index (χ1v) is 8.53. The fourth-order valence-corrected chi connectivity index (χ4v) is 3.30. The molecule has 1 N–H and O–H groups in total. The average molecular weight is 368 g/mol. The molecule has 1 amide bonds. The van der Waals surface area contributed by atoms with E-state index >= 15 is 0 Å². The molecule has 1 saturated heterocycles. The molecule has 0 atom stereocenters. The molecule has 0 saturated carbocycles. The predicted octanol–water partition coefficient (Wildman–Crippen LogP) is 3.41. The highest BCUT2D eigenvalue weighted by Gasteiger charge is 2.30. The van der Waals surface area contributed by atoms with Crippen LogP contribution in [0.25, 0.3) is 6.08 Å². The molecule has 6 nitrogen and oxygen atoms in total. The Morgan fingerprint density at radius 2 is 1.96 bits per heavy atom. The van der Waals surface area contributed by atoms with Crippen LogP contribution in [0.2, 0.25) is 0 Å². The van der Waals surface area contributed by atoms with Crippen LogP contribution in [0.5, 0.6) is 5.75 Å². The first-order chi connectivity index (χ1) is 12.5. The standard InChI is InChI=1S/C19H16N2O4S/c1-21-17(23)16(11-12-4-3-5-15(22)10-12)26-19(21)20-14-8-6-13(7-9-14)18(24)25-2/h3-11,22H,1-2H3/b16-11+,20-19?. The van der Waals surface area contributed by atoms with E-state index in [2.05, 4.69) is 9.73 Å². The second-order valence-corrected chi connectivity index (χ2v) is 6.51. The van der Waals surface area contributed by atoms with Crippen molar-refractivity contribution >= 4 is 40.6 Å². The van der Waals surface area contributed by atoms with Gasteiger partial charge in [0.25, 0.3) is 5.91 Å². The van der Waals surface area contributed by atoms with Crippen molar-refractivity contribution in [2.45, 2.75) is 0 Å². The van der Waals surface area contributed by atoms with Crippen LogP contribution < -0.4 is 0 Å². The highest BCUT2D eigenvalue weighted by molar-refractivity contribution is 8.18. The van der Waals surface area contributed by atoms with Crippen LogP contribution in [0.4, 0.5) is 5.69 Å². The third-order valence-corrected chi connectivity index (χ3v) is 4.74. The number of nitrogens with zero attached hydrogens (tertiary/aromatic N) is 2. The molecule has 0 aromatic heterocycles. The average Bonchev–Trinajstić information content (AvgIpc) is 2.89. The van der Waals surface area contributed by atoms with E-state index in [4.69, 9.17) is 0 Å². The second-order valence-electron chi connectivity index (χ2n) is 5.50. The van der Waals surface area contributed by atoms with E-state index in [0.717, 1.165) is 5.56 Å². The number of methoxy groups -OCH3 is 1. The first kappa shape index (κ1) is 17.8. The van der Waals surface area contributed by atoms with Gasteiger partial charge in [-0.15, -0.1) is 0 Å². The van der Waals surface area contributed by atoms with Gasteiger partial charge in [0.2, 0.25) is 0 Å². The number of rotatable bonds is 3. The largest absolute Gasteiger partial charge is 0.508 e. The van der Waals surface area contributed by atoms with Gasteiger partial charge >= 0.3 is 5.97 Å². The van der Waals surface area contributed by atoms with E-state index in [-0.39, 0.29) is 11.7 Å². The third kappa shape index (κ3) is 3.78. The maximum Gasteiger partial charge on any atom is 0.337 e. The Morgan fingerprint density at radius 1 is 1.23 bits per heavy atom. The van der Waals surface area contributed by atoms with Gasteiger partial charge in [0.1, 0.15) is 5.75 Å². The zero-order valence-electron chi connectivity index (χ0n) is 14.2. The Balaban J connectivity index is 1.84. The number of aliphatic imine (C=N–C) groups is 1. The lowest BCUT2D eigenvalue weighted by atomic mass is 10.2. The fraction of sp³-hybridized carbons (Fsp3) is 0.105. The molecule has 0 spiro atoms. The van der Waals surface area contributed by atoms with Crippen LogP contribution in [0.1, 0.15) is 15.9 Å². The van der Waals surface area contributed by atoms with E-state index in [1.165, 1.54) is 23.8 Å². The van der Waals surface area contributed by atoms with Crippen LogP contribution in [0.3, 0.4) is 0 Å². The number of amidine groups is 1. The number of amides is 1. The van der Waals surface area contributed by atoms with Crippen LogP contribution in [-0.4, -0.2) is 41.2 Å². The van der Waals surface area contributed by atoms with Gasteiger partial charge in [0, 0.05) is 7.05 Å². The Bertz CT molecular complexity index is 919. The number of esters is 1. The van der Waals surface area contributed by atoms with Crippen molar-refractivity contribution < 1.29 is 19.4 Å². The number of benzene rings is 2. The van der Waals surface area contributed by atoms with Gasteiger partial charge in [0.15, 0.2) is 5.17 Å². The number of ether oxygens (including phenoxy) is 1. The summed E-state index contributed by atoms with van der Waals surface area (Å²) in [5.74, 6) is -0.436. The van der Waals surface area contributed by atoms with E-state index < -0.39 is 5.97 Å². The summed E-state index contributed by atoms with van der Waals surface area (Å²) in [7, 11) is 2.98. The first-order valence-electron chi connectivity index (χ1n) is 7.71. The van der Waals surface area contributed by atoms with Gasteiger partial charge in [-0.05, 0) is 59.8 Å². The second kappa shape index (κ2) is 7.45. The number of carbonyl (C=O) groups excluding carboxylic acids is 2. The number of phenols is 1. The topological polar surface area (TPSA) is 79.2 Å². The van der Waals surface area contributed by atoms with Crippen LogP contribution >= 0.6 is 11.8 Å². The molecular formula is C19H16N2O4S. The molecule has 1 heterocycles. The van der Waals surface area contributed by atoms with Crippen molar-refractivity contribution in [2.75, 3.05) is 14.2 Å². The van der Waals surface area contributed by atoms with Crippen molar-refractivity contribution in [1.29, 1.82) is 0 Å². The lowest BCUT2D eigenvalue weighted by molar-refractivity contribution is -0.121. The van der Waals surface area contributed by atoms with Gasteiger partial charge in [-0.25, -0.2) is 9.79 Å². The summed E-state index contributed by atoms with van der Waals surface area (Å²) in [6.45, 7) is 0. The fourth-order valence-electron chi connectivity index (χ4n) is 2.32. The number of aromatic hydroxyl groups is 1. The van der Waals surface area contributed by atoms with Gasteiger partial charge < -0.3 is 9.84 Å². The number of phenolic OH excluding ortho intramolecular Hbond substituents is 1. The summed E-state index contributed by atoms with van der Waals surface area (Å²) in [4.78, 5) is 30.3. The minimum atomic E-state index is -0.414. The molecule has 132 valence electrons. The van der Waals surface area contributed by atoms with Crippen molar-refractivity contribution in [2.24, 2.45) is 4.99 Å². The SMILES string of the molecule is COC(=O)c1ccc(N=C2S/C(=C/c3cccc(O)c3)C(=O)N2C)cc1. The Kier molecular flexibility index (Phi) is 5.09. The molecule has 1 fully saturated rings. The van der Waals surface area contributed by atoms with E-state index in [1.807, 2.05) is 0 Å². The molecule has 2 aromatic rings. The van der Waals surface area contributed by atoms with Crippen LogP contribution in [0, 0.1) is 0 Å². The predicted molar refractivity (Wildman–Crippen MR) is 101 cm³/mol. The van der Waals surface area contributed by atoms with Crippen molar-refractivity contribution in [3.63, 3.8) is 0 Å². The zero-order valence-corrected chi connectivity index (χ0v) is 15.0. The summed E-state index contributed by atoms with van der Waals surface area (Å²) >= 11 is 1.25. The lowest BCUT2D eigenvalue weighted by Crippen LogP contribution is -2.23. The van der Waals surface area contributed by atoms with Gasteiger partial charge in [-0.3, -0.25) is 9.69 Å². The smallest absolute Gasteiger partial charge is 0.337 e. The number of hydrogen-bond acceptors (Lipinski definition) is 6. The number of likely N-dealkylation sites (N-methyl/N-ethyl adjacent to an activating group) is 1.